The summed E-state index contributed by atoms with van der Waals surface area (Å²) in [5, 5.41) is 3.61. The van der Waals surface area contributed by atoms with Gasteiger partial charge >= 0.3 is 0 Å². The van der Waals surface area contributed by atoms with E-state index in [1.807, 2.05) is 11.8 Å². The third-order valence-electron chi connectivity index (χ3n) is 2.99. The minimum atomic E-state index is 0.246. The molecule has 20 heavy (non-hydrogen) atoms. The zero-order chi connectivity index (χ0) is 14.5. The van der Waals surface area contributed by atoms with Gasteiger partial charge in [0.2, 0.25) is 0 Å². The highest BCUT2D eigenvalue weighted by Crippen LogP contribution is 2.32. The molecule has 0 saturated heterocycles. The number of hydrogen-bond donors (Lipinski definition) is 1. The second-order valence-electron chi connectivity index (χ2n) is 4.46. The number of rotatable bonds is 5. The molecule has 0 radical (unpaired) electrons. The van der Waals surface area contributed by atoms with Crippen LogP contribution in [-0.2, 0) is 0 Å². The van der Waals surface area contributed by atoms with Crippen molar-refractivity contribution < 1.29 is 0 Å². The zero-order valence-corrected chi connectivity index (χ0v) is 15.5. The van der Waals surface area contributed by atoms with Gasteiger partial charge in [0.15, 0.2) is 0 Å². The number of benzene rings is 2. The van der Waals surface area contributed by atoms with Crippen LogP contribution in [-0.4, -0.2) is 5.75 Å². The number of anilines is 1. The molecule has 4 heteroatoms. The maximum absolute atomic E-state index is 3.64. The smallest absolute Gasteiger partial charge is 0.0497 e. The first kappa shape index (κ1) is 15.9. The molecule has 1 unspecified atom stereocenters. The number of halogens is 2. The Morgan fingerprint density at radius 2 is 1.90 bits per heavy atom. The van der Waals surface area contributed by atoms with Crippen LogP contribution < -0.4 is 5.32 Å². The Bertz CT molecular complexity index is 586. The summed E-state index contributed by atoms with van der Waals surface area (Å²) in [4.78, 5) is 1.30. The van der Waals surface area contributed by atoms with E-state index in [2.05, 4.69) is 93.5 Å². The van der Waals surface area contributed by atoms with Crippen LogP contribution in [0.1, 0.15) is 25.5 Å². The van der Waals surface area contributed by atoms with Crippen LogP contribution in [0.3, 0.4) is 0 Å². The Morgan fingerprint density at radius 1 is 1.15 bits per heavy atom. The Kier molecular flexibility index (Phi) is 6.00. The van der Waals surface area contributed by atoms with Crippen molar-refractivity contribution in [2.75, 3.05) is 11.1 Å². The average molecular weight is 415 g/mol. The van der Waals surface area contributed by atoms with Gasteiger partial charge < -0.3 is 5.32 Å². The molecule has 1 atom stereocenters. The standard InChI is InChI=1S/C16H17Br2NS/c1-3-20-16-7-5-4-6-15(16)19-11(2)13-9-8-12(17)10-14(13)18/h4-11,19H,3H2,1-2H3. The van der Waals surface area contributed by atoms with E-state index < -0.39 is 0 Å². The van der Waals surface area contributed by atoms with Crippen molar-refractivity contribution in [3.8, 4) is 0 Å². The van der Waals surface area contributed by atoms with Crippen molar-refractivity contribution >= 4 is 49.3 Å². The summed E-state index contributed by atoms with van der Waals surface area (Å²) < 4.78 is 2.20. The molecule has 0 fully saturated rings. The summed E-state index contributed by atoms with van der Waals surface area (Å²) in [5.74, 6) is 1.08. The number of nitrogens with one attached hydrogen (secondary N) is 1. The molecule has 0 aliphatic carbocycles. The molecule has 1 N–H and O–H groups in total. The molecular formula is C16H17Br2NS. The van der Waals surface area contributed by atoms with E-state index in [0.717, 1.165) is 14.7 Å². The fourth-order valence-corrected chi connectivity index (χ4v) is 4.19. The van der Waals surface area contributed by atoms with Crippen LogP contribution in [0.25, 0.3) is 0 Å². The topological polar surface area (TPSA) is 12.0 Å². The molecule has 1 nitrogen and oxygen atoms in total. The first-order chi connectivity index (χ1) is 9.61. The summed E-state index contributed by atoms with van der Waals surface area (Å²) in [5.41, 5.74) is 2.45. The molecule has 0 aliphatic heterocycles. The summed E-state index contributed by atoms with van der Waals surface area (Å²) >= 11 is 8.99. The fraction of sp³-hybridized carbons (Fsp3) is 0.250. The molecule has 106 valence electrons. The number of para-hydroxylation sites is 1. The molecule has 0 saturated carbocycles. The van der Waals surface area contributed by atoms with E-state index in [4.69, 9.17) is 0 Å². The normalized spacial score (nSPS) is 12.2. The molecule has 0 bridgehead atoms. The third kappa shape index (κ3) is 4.03. The molecular weight excluding hydrogens is 398 g/mol. The lowest BCUT2D eigenvalue weighted by atomic mass is 10.1. The van der Waals surface area contributed by atoms with E-state index in [9.17, 15) is 0 Å². The lowest BCUT2D eigenvalue weighted by Crippen LogP contribution is -2.08. The van der Waals surface area contributed by atoms with Crippen molar-refractivity contribution in [1.82, 2.24) is 0 Å². The van der Waals surface area contributed by atoms with Crippen LogP contribution in [0.4, 0.5) is 5.69 Å². The van der Waals surface area contributed by atoms with Crippen LogP contribution in [0.5, 0.6) is 0 Å². The van der Waals surface area contributed by atoms with Crippen LogP contribution in [0, 0.1) is 0 Å². The van der Waals surface area contributed by atoms with Crippen molar-refractivity contribution in [3.05, 3.63) is 57.0 Å². The van der Waals surface area contributed by atoms with Gasteiger partial charge in [0.25, 0.3) is 0 Å². The molecule has 2 aromatic carbocycles. The quantitative estimate of drug-likeness (QED) is 0.560. The van der Waals surface area contributed by atoms with Gasteiger partial charge in [0.1, 0.15) is 0 Å². The maximum atomic E-state index is 3.64. The van der Waals surface area contributed by atoms with E-state index >= 15 is 0 Å². The Morgan fingerprint density at radius 3 is 2.60 bits per heavy atom. The van der Waals surface area contributed by atoms with Gasteiger partial charge in [-0.15, -0.1) is 11.8 Å². The molecule has 2 aromatic rings. The first-order valence-electron chi connectivity index (χ1n) is 6.55. The van der Waals surface area contributed by atoms with E-state index in [1.165, 1.54) is 16.1 Å². The van der Waals surface area contributed by atoms with Crippen LogP contribution in [0.15, 0.2) is 56.3 Å². The minimum absolute atomic E-state index is 0.246. The van der Waals surface area contributed by atoms with Gasteiger partial charge in [-0.1, -0.05) is 57.0 Å². The van der Waals surface area contributed by atoms with Crippen molar-refractivity contribution in [1.29, 1.82) is 0 Å². The summed E-state index contributed by atoms with van der Waals surface area (Å²) in [6.07, 6.45) is 0. The van der Waals surface area contributed by atoms with Gasteiger partial charge in [-0.3, -0.25) is 0 Å². The van der Waals surface area contributed by atoms with Crippen molar-refractivity contribution in [3.63, 3.8) is 0 Å². The number of hydrogen-bond acceptors (Lipinski definition) is 2. The number of thioether (sulfide) groups is 1. The average Bonchev–Trinajstić information content (AvgIpc) is 2.41. The van der Waals surface area contributed by atoms with Gasteiger partial charge in [0.05, 0.1) is 0 Å². The van der Waals surface area contributed by atoms with Gasteiger partial charge in [0, 0.05) is 25.6 Å². The van der Waals surface area contributed by atoms with Gasteiger partial charge in [-0.05, 0) is 42.5 Å². The second kappa shape index (κ2) is 7.53. The first-order valence-corrected chi connectivity index (χ1v) is 9.12. The van der Waals surface area contributed by atoms with E-state index in [-0.39, 0.29) is 6.04 Å². The van der Waals surface area contributed by atoms with Crippen LogP contribution >= 0.6 is 43.6 Å². The lowest BCUT2D eigenvalue weighted by molar-refractivity contribution is 0.873. The molecule has 2 rings (SSSR count). The maximum Gasteiger partial charge on any atom is 0.0497 e. The predicted octanol–water partition coefficient (Wildman–Crippen LogP) is 6.50. The van der Waals surface area contributed by atoms with Gasteiger partial charge in [-0.2, -0.15) is 0 Å². The monoisotopic (exact) mass is 413 g/mol. The lowest BCUT2D eigenvalue weighted by Gasteiger charge is -2.19. The zero-order valence-electron chi connectivity index (χ0n) is 11.5. The summed E-state index contributed by atoms with van der Waals surface area (Å²) in [7, 11) is 0. The minimum Gasteiger partial charge on any atom is -0.378 e. The summed E-state index contributed by atoms with van der Waals surface area (Å²) in [6, 6.07) is 15.0. The molecule has 0 amide bonds. The van der Waals surface area contributed by atoms with E-state index in [1.54, 1.807) is 0 Å². The molecule has 0 aliphatic rings. The highest BCUT2D eigenvalue weighted by atomic mass is 79.9. The Balaban J connectivity index is 2.21. The highest BCUT2D eigenvalue weighted by Gasteiger charge is 2.11. The second-order valence-corrected chi connectivity index (χ2v) is 7.54. The SMILES string of the molecule is CCSc1ccccc1NC(C)c1ccc(Br)cc1Br. The molecule has 0 spiro atoms. The Labute approximate surface area is 141 Å². The van der Waals surface area contributed by atoms with E-state index in [0.29, 0.717) is 0 Å². The fourth-order valence-electron chi connectivity index (χ4n) is 2.03. The van der Waals surface area contributed by atoms with Crippen molar-refractivity contribution in [2.45, 2.75) is 24.8 Å². The molecule has 0 heterocycles. The largest absolute Gasteiger partial charge is 0.378 e. The third-order valence-corrected chi connectivity index (χ3v) is 5.12. The van der Waals surface area contributed by atoms with Gasteiger partial charge in [-0.25, -0.2) is 0 Å². The predicted molar refractivity (Wildman–Crippen MR) is 96.7 cm³/mol. The highest BCUT2D eigenvalue weighted by molar-refractivity contribution is 9.11. The van der Waals surface area contributed by atoms with Crippen molar-refractivity contribution in [2.24, 2.45) is 0 Å². The summed E-state index contributed by atoms with van der Waals surface area (Å²) in [6.45, 7) is 4.36. The molecule has 0 aromatic heterocycles. The van der Waals surface area contributed by atoms with Crippen LogP contribution in [0.2, 0.25) is 0 Å². The Hall–Kier alpha value is -0.450.